The molecule has 8 nitrogen and oxygen atoms in total. The number of nitrogens with zero attached hydrogens (tertiary/aromatic N) is 2. The Morgan fingerprint density at radius 1 is 1.20 bits per heavy atom. The topological polar surface area (TPSA) is 118 Å². The van der Waals surface area contributed by atoms with E-state index < -0.39 is 11.5 Å². The summed E-state index contributed by atoms with van der Waals surface area (Å²) in [5.41, 5.74) is 0.641. The maximum atomic E-state index is 12.8. The zero-order valence-corrected chi connectivity index (χ0v) is 17.0. The maximum Gasteiger partial charge on any atom is 0.290 e. The lowest BCUT2D eigenvalue weighted by atomic mass is 9.95. The van der Waals surface area contributed by atoms with Crippen LogP contribution in [0.25, 0.3) is 0 Å². The summed E-state index contributed by atoms with van der Waals surface area (Å²) < 4.78 is 0. The molecule has 3 N–H and O–H groups in total. The fourth-order valence-corrected chi connectivity index (χ4v) is 5.23. The van der Waals surface area contributed by atoms with Gasteiger partial charge in [0.1, 0.15) is 0 Å². The zero-order chi connectivity index (χ0) is 21.7. The van der Waals surface area contributed by atoms with Gasteiger partial charge in [-0.15, -0.1) is 0 Å². The summed E-state index contributed by atoms with van der Waals surface area (Å²) in [5.74, 6) is -0.0162. The molecule has 2 heterocycles. The van der Waals surface area contributed by atoms with Crippen LogP contribution in [0.15, 0.2) is 30.3 Å². The van der Waals surface area contributed by atoms with Crippen molar-refractivity contribution in [3.8, 4) is 0 Å². The summed E-state index contributed by atoms with van der Waals surface area (Å²) in [5, 5.41) is 27.5. The molecule has 4 atom stereocenters. The van der Waals surface area contributed by atoms with Crippen molar-refractivity contribution in [1.82, 2.24) is 9.80 Å². The molecule has 30 heavy (non-hydrogen) atoms. The van der Waals surface area contributed by atoms with Gasteiger partial charge in [-0.05, 0) is 30.2 Å². The summed E-state index contributed by atoms with van der Waals surface area (Å²) in [6.07, 6.45) is 2.73. The van der Waals surface area contributed by atoms with E-state index in [0.29, 0.717) is 19.5 Å². The molecule has 1 spiro atoms. The van der Waals surface area contributed by atoms with Gasteiger partial charge in [0.15, 0.2) is 0 Å². The van der Waals surface area contributed by atoms with E-state index in [1.807, 2.05) is 30.3 Å². The van der Waals surface area contributed by atoms with Gasteiger partial charge in [-0.2, -0.15) is 0 Å². The minimum absolute atomic E-state index is 0.00324. The Balaban J connectivity index is 0.000000806. The van der Waals surface area contributed by atoms with Gasteiger partial charge in [-0.1, -0.05) is 36.8 Å². The summed E-state index contributed by atoms with van der Waals surface area (Å²) in [7, 11) is 0. The standard InChI is InChI=1S/C21H28N2O4.CH2O2/c24-13-16-20(15-7-3-1-4-8-15)21(16)14-23(11-17(21)25)19(27)12-22-10-6-2-5-9-18(22)26;2-1-3/h1,3-4,7-8,16-17,20,24-25H,2,5-6,9-14H2;1H,(H,2,3)/t16-,17-,20-,21-;/m1./s1. The quantitative estimate of drug-likeness (QED) is 0.619. The molecule has 2 saturated heterocycles. The summed E-state index contributed by atoms with van der Waals surface area (Å²) in [4.78, 5) is 36.7. The number of carbonyl (C=O) groups is 3. The van der Waals surface area contributed by atoms with Crippen molar-refractivity contribution in [3.05, 3.63) is 35.9 Å². The minimum atomic E-state index is -0.649. The Kier molecular flexibility index (Phi) is 7.10. The Morgan fingerprint density at radius 2 is 1.90 bits per heavy atom. The number of β-amino-alcohol motifs (C(OH)–C–C–N with tert-alkyl or cyclic N) is 1. The van der Waals surface area contributed by atoms with Crippen molar-refractivity contribution < 1.29 is 29.7 Å². The van der Waals surface area contributed by atoms with Crippen LogP contribution in [-0.2, 0) is 14.4 Å². The molecule has 1 saturated carbocycles. The van der Waals surface area contributed by atoms with Crippen molar-refractivity contribution in [2.75, 3.05) is 32.8 Å². The molecule has 4 rings (SSSR count). The molecule has 8 heteroatoms. The second-order valence-corrected chi connectivity index (χ2v) is 8.31. The molecule has 2 aliphatic heterocycles. The first kappa shape index (κ1) is 22.2. The van der Waals surface area contributed by atoms with Crippen molar-refractivity contribution in [1.29, 1.82) is 0 Å². The van der Waals surface area contributed by atoms with E-state index in [-0.39, 0.29) is 49.8 Å². The van der Waals surface area contributed by atoms with E-state index in [9.17, 15) is 19.8 Å². The predicted octanol–water partition coefficient (Wildman–Crippen LogP) is 0.685. The Hall–Kier alpha value is -2.45. The molecule has 3 fully saturated rings. The minimum Gasteiger partial charge on any atom is -0.483 e. The highest BCUT2D eigenvalue weighted by Crippen LogP contribution is 2.68. The molecule has 0 bridgehead atoms. The molecule has 3 aliphatic rings. The molecule has 2 amide bonds. The molecule has 164 valence electrons. The maximum absolute atomic E-state index is 12.8. The third kappa shape index (κ3) is 4.20. The highest BCUT2D eigenvalue weighted by atomic mass is 16.3. The number of carbonyl (C=O) groups excluding carboxylic acids is 2. The van der Waals surface area contributed by atoms with Crippen LogP contribution in [0.4, 0.5) is 0 Å². The first-order chi connectivity index (χ1) is 14.5. The summed E-state index contributed by atoms with van der Waals surface area (Å²) in [6.45, 7) is 1.21. The number of amides is 2. The highest BCUT2D eigenvalue weighted by Gasteiger charge is 2.71. The Bertz CT molecular complexity index is 757. The van der Waals surface area contributed by atoms with Crippen LogP contribution in [0.3, 0.4) is 0 Å². The molecule has 1 aromatic carbocycles. The van der Waals surface area contributed by atoms with Crippen LogP contribution in [0, 0.1) is 11.3 Å². The van der Waals surface area contributed by atoms with E-state index >= 15 is 0 Å². The third-order valence-electron chi connectivity index (χ3n) is 6.75. The fraction of sp³-hybridized carbons (Fsp3) is 0.591. The fourth-order valence-electron chi connectivity index (χ4n) is 5.23. The van der Waals surface area contributed by atoms with Crippen LogP contribution in [-0.4, -0.2) is 82.3 Å². The van der Waals surface area contributed by atoms with E-state index in [2.05, 4.69) is 0 Å². The Labute approximate surface area is 176 Å². The summed E-state index contributed by atoms with van der Waals surface area (Å²) in [6, 6.07) is 9.92. The number of aliphatic hydroxyl groups is 2. The number of rotatable bonds is 4. The lowest BCUT2D eigenvalue weighted by Gasteiger charge is -2.24. The van der Waals surface area contributed by atoms with Gasteiger partial charge in [0.25, 0.3) is 6.47 Å². The van der Waals surface area contributed by atoms with Crippen molar-refractivity contribution in [2.45, 2.75) is 37.7 Å². The lowest BCUT2D eigenvalue weighted by Crippen LogP contribution is -2.42. The highest BCUT2D eigenvalue weighted by molar-refractivity contribution is 5.85. The molecule has 1 aromatic rings. The van der Waals surface area contributed by atoms with Gasteiger partial charge in [0.2, 0.25) is 11.8 Å². The van der Waals surface area contributed by atoms with Gasteiger partial charge in [0.05, 0.1) is 12.6 Å². The first-order valence-corrected chi connectivity index (χ1v) is 10.5. The van der Waals surface area contributed by atoms with Crippen molar-refractivity contribution in [3.63, 3.8) is 0 Å². The molecule has 1 aliphatic carbocycles. The zero-order valence-electron chi connectivity index (χ0n) is 17.0. The molecular formula is C22H30N2O6. The summed E-state index contributed by atoms with van der Waals surface area (Å²) >= 11 is 0. The van der Waals surface area contributed by atoms with Gasteiger partial charge < -0.3 is 25.1 Å². The molecular weight excluding hydrogens is 388 g/mol. The van der Waals surface area contributed by atoms with E-state index in [4.69, 9.17) is 9.90 Å². The Morgan fingerprint density at radius 3 is 2.57 bits per heavy atom. The average molecular weight is 418 g/mol. The van der Waals surface area contributed by atoms with Crippen LogP contribution < -0.4 is 0 Å². The number of hydrogen-bond acceptors (Lipinski definition) is 5. The number of hydrogen-bond donors (Lipinski definition) is 3. The molecule has 0 radical (unpaired) electrons. The number of likely N-dealkylation sites (tertiary alicyclic amines) is 2. The van der Waals surface area contributed by atoms with Crippen LogP contribution >= 0.6 is 0 Å². The smallest absolute Gasteiger partial charge is 0.290 e. The lowest BCUT2D eigenvalue weighted by molar-refractivity contribution is -0.139. The van der Waals surface area contributed by atoms with Crippen LogP contribution in [0.1, 0.15) is 37.2 Å². The van der Waals surface area contributed by atoms with Gasteiger partial charge in [0, 0.05) is 38.1 Å². The second-order valence-electron chi connectivity index (χ2n) is 8.31. The normalized spacial score (nSPS) is 30.5. The van der Waals surface area contributed by atoms with Crippen LogP contribution in [0.5, 0.6) is 0 Å². The second kappa shape index (κ2) is 9.57. The van der Waals surface area contributed by atoms with Crippen LogP contribution in [0.2, 0.25) is 0 Å². The van der Waals surface area contributed by atoms with E-state index in [1.165, 1.54) is 0 Å². The molecule has 0 unspecified atom stereocenters. The van der Waals surface area contributed by atoms with Crippen molar-refractivity contribution in [2.24, 2.45) is 11.3 Å². The number of carboxylic acid groups (broad SMARTS) is 1. The van der Waals surface area contributed by atoms with E-state index in [1.54, 1.807) is 9.80 Å². The van der Waals surface area contributed by atoms with Gasteiger partial charge in [-0.3, -0.25) is 14.4 Å². The van der Waals surface area contributed by atoms with Crippen molar-refractivity contribution >= 4 is 18.3 Å². The predicted molar refractivity (Wildman–Crippen MR) is 109 cm³/mol. The largest absolute Gasteiger partial charge is 0.483 e. The number of aliphatic hydroxyl groups excluding tert-OH is 2. The SMILES string of the molecule is O=C1CCCCCN1CC(=O)N1C[C@@H](O)[C@@]2(C1)[C@H](CO)[C@H]2c1ccccc1.O=CO. The molecule has 0 aromatic heterocycles. The third-order valence-corrected chi connectivity index (χ3v) is 6.75. The van der Waals surface area contributed by atoms with Gasteiger partial charge in [-0.25, -0.2) is 0 Å². The number of benzene rings is 1. The average Bonchev–Trinajstić information content (AvgIpc) is 3.34. The first-order valence-electron chi connectivity index (χ1n) is 10.5. The monoisotopic (exact) mass is 418 g/mol. The van der Waals surface area contributed by atoms with Gasteiger partial charge >= 0.3 is 0 Å². The van der Waals surface area contributed by atoms with E-state index in [0.717, 1.165) is 24.8 Å².